The second-order valence-electron chi connectivity index (χ2n) is 7.43. The minimum atomic E-state index is -0.464. The average molecular weight is 385 g/mol. The predicted molar refractivity (Wildman–Crippen MR) is 114 cm³/mol. The molecule has 0 aliphatic carbocycles. The van der Waals surface area contributed by atoms with Gasteiger partial charge in [-0.25, -0.2) is 0 Å². The highest BCUT2D eigenvalue weighted by Crippen LogP contribution is 2.11. The highest BCUT2D eigenvalue weighted by atomic mass is 32.1. The Morgan fingerprint density at radius 1 is 0.963 bits per heavy atom. The summed E-state index contributed by atoms with van der Waals surface area (Å²) in [4.78, 5) is 12.0. The van der Waals surface area contributed by atoms with E-state index in [4.69, 9.17) is 17.0 Å². The average Bonchev–Trinajstić information content (AvgIpc) is 2.59. The molecule has 0 radical (unpaired) electrons. The van der Waals surface area contributed by atoms with Gasteiger partial charge in [-0.05, 0) is 56.1 Å². The number of carbonyl (C=O) groups is 1. The lowest BCUT2D eigenvalue weighted by molar-refractivity contribution is -0.153. The van der Waals surface area contributed by atoms with Gasteiger partial charge in [0, 0.05) is 13.1 Å². The van der Waals surface area contributed by atoms with E-state index in [1.54, 1.807) is 0 Å². The van der Waals surface area contributed by atoms with Gasteiger partial charge in [0.2, 0.25) is 0 Å². The Morgan fingerprint density at radius 3 is 2.33 bits per heavy atom. The van der Waals surface area contributed by atoms with E-state index < -0.39 is 5.60 Å². The Balaban J connectivity index is 1.75. The van der Waals surface area contributed by atoms with E-state index in [-0.39, 0.29) is 12.4 Å². The fourth-order valence-electron chi connectivity index (χ4n) is 2.60. The molecular weight excluding hydrogens is 356 g/mol. The van der Waals surface area contributed by atoms with Gasteiger partial charge >= 0.3 is 5.97 Å². The molecule has 0 fully saturated rings. The van der Waals surface area contributed by atoms with Gasteiger partial charge in [0.1, 0.15) is 5.60 Å². The van der Waals surface area contributed by atoms with Crippen molar-refractivity contribution in [2.24, 2.45) is 0 Å². The molecule has 144 valence electrons. The van der Waals surface area contributed by atoms with Crippen LogP contribution in [0, 0.1) is 0 Å². The summed E-state index contributed by atoms with van der Waals surface area (Å²) in [6, 6.07) is 18.2. The number of ether oxygens (including phenoxy) is 1. The molecule has 0 unspecified atom stereocenters. The summed E-state index contributed by atoms with van der Waals surface area (Å²) in [6.45, 7) is 7.01. The van der Waals surface area contributed by atoms with Crippen molar-refractivity contribution in [3.63, 3.8) is 0 Å². The topological polar surface area (TPSA) is 50.4 Å². The van der Waals surface area contributed by atoms with Crippen molar-refractivity contribution in [3.05, 3.63) is 71.3 Å². The van der Waals surface area contributed by atoms with Crippen molar-refractivity contribution in [1.82, 2.24) is 10.6 Å². The maximum Gasteiger partial charge on any atom is 0.310 e. The van der Waals surface area contributed by atoms with Crippen LogP contribution < -0.4 is 10.6 Å². The summed E-state index contributed by atoms with van der Waals surface area (Å²) in [7, 11) is 0. The Hall–Kier alpha value is -2.40. The lowest BCUT2D eigenvalue weighted by atomic mass is 10.1. The van der Waals surface area contributed by atoms with Crippen LogP contribution in [0.3, 0.4) is 0 Å². The van der Waals surface area contributed by atoms with Crippen LogP contribution in [-0.4, -0.2) is 23.2 Å². The maximum absolute atomic E-state index is 12.0. The number of carbonyl (C=O) groups excluding carboxylic acids is 1. The van der Waals surface area contributed by atoms with Crippen LogP contribution in [0.5, 0.6) is 0 Å². The number of rotatable bonds is 7. The lowest BCUT2D eigenvalue weighted by Gasteiger charge is -2.19. The molecule has 0 saturated heterocycles. The summed E-state index contributed by atoms with van der Waals surface area (Å²) < 4.78 is 5.38. The van der Waals surface area contributed by atoms with Gasteiger partial charge in [-0.3, -0.25) is 4.79 Å². The van der Waals surface area contributed by atoms with Crippen molar-refractivity contribution >= 4 is 23.3 Å². The molecule has 0 aliphatic rings. The summed E-state index contributed by atoms with van der Waals surface area (Å²) in [5.74, 6) is -0.217. The van der Waals surface area contributed by atoms with Crippen molar-refractivity contribution < 1.29 is 9.53 Å². The number of thiocarbonyl (C=S) groups is 1. The molecule has 5 heteroatoms. The van der Waals surface area contributed by atoms with Gasteiger partial charge in [-0.15, -0.1) is 0 Å². The van der Waals surface area contributed by atoms with Crippen LogP contribution in [0.1, 0.15) is 37.5 Å². The molecular formula is C22H28N2O2S. The van der Waals surface area contributed by atoms with Crippen molar-refractivity contribution in [3.8, 4) is 0 Å². The van der Waals surface area contributed by atoms with Gasteiger partial charge in [0.05, 0.1) is 6.42 Å². The minimum Gasteiger partial charge on any atom is -0.460 e. The van der Waals surface area contributed by atoms with Gasteiger partial charge in [0.25, 0.3) is 0 Å². The molecule has 0 aromatic heterocycles. The van der Waals surface area contributed by atoms with E-state index in [2.05, 4.69) is 22.8 Å². The van der Waals surface area contributed by atoms with Gasteiger partial charge < -0.3 is 15.4 Å². The molecule has 2 N–H and O–H groups in total. The number of benzene rings is 2. The first kappa shape index (κ1) is 20.9. The highest BCUT2D eigenvalue weighted by molar-refractivity contribution is 7.80. The Bertz CT molecular complexity index is 754. The largest absolute Gasteiger partial charge is 0.460 e. The second-order valence-corrected chi connectivity index (χ2v) is 7.84. The number of esters is 1. The third-order valence-corrected chi connectivity index (χ3v) is 4.04. The first-order chi connectivity index (χ1) is 12.8. The molecule has 2 aromatic rings. The van der Waals surface area contributed by atoms with E-state index in [0.29, 0.717) is 11.7 Å². The lowest BCUT2D eigenvalue weighted by Crippen LogP contribution is -2.35. The normalized spacial score (nSPS) is 10.9. The highest BCUT2D eigenvalue weighted by Gasteiger charge is 2.16. The van der Waals surface area contributed by atoms with Gasteiger partial charge in [-0.1, -0.05) is 54.6 Å². The Labute approximate surface area is 167 Å². The van der Waals surface area contributed by atoms with Crippen LogP contribution >= 0.6 is 12.2 Å². The van der Waals surface area contributed by atoms with Crippen LogP contribution in [0.4, 0.5) is 0 Å². The molecule has 27 heavy (non-hydrogen) atoms. The van der Waals surface area contributed by atoms with E-state index in [1.165, 1.54) is 5.56 Å². The third-order valence-electron chi connectivity index (χ3n) is 3.76. The van der Waals surface area contributed by atoms with Crippen LogP contribution in [-0.2, 0) is 28.9 Å². The fourth-order valence-corrected chi connectivity index (χ4v) is 2.78. The van der Waals surface area contributed by atoms with E-state index in [1.807, 2.05) is 63.2 Å². The number of hydrogen-bond donors (Lipinski definition) is 2. The van der Waals surface area contributed by atoms with Crippen LogP contribution in [0.2, 0.25) is 0 Å². The zero-order valence-electron chi connectivity index (χ0n) is 16.2. The van der Waals surface area contributed by atoms with Crippen molar-refractivity contribution in [2.45, 2.75) is 45.8 Å². The van der Waals surface area contributed by atoms with E-state index in [0.717, 1.165) is 24.1 Å². The van der Waals surface area contributed by atoms with Crippen LogP contribution in [0.25, 0.3) is 0 Å². The second kappa shape index (κ2) is 10.1. The molecule has 0 bridgehead atoms. The third kappa shape index (κ3) is 8.69. The van der Waals surface area contributed by atoms with E-state index >= 15 is 0 Å². The van der Waals surface area contributed by atoms with E-state index in [9.17, 15) is 4.79 Å². The first-order valence-electron chi connectivity index (χ1n) is 9.17. The first-order valence-corrected chi connectivity index (χ1v) is 9.58. The SMILES string of the molecule is CC(C)(C)OC(=O)Cc1cccc(CNC(=S)NCCc2ccccc2)c1. The standard InChI is InChI=1S/C22H28N2O2S/c1-22(2,3)26-20(25)15-18-10-7-11-19(14-18)16-24-21(27)23-13-12-17-8-5-4-6-9-17/h4-11,14H,12-13,15-16H2,1-3H3,(H2,23,24,27). The minimum absolute atomic E-state index is 0.217. The number of nitrogens with one attached hydrogen (secondary N) is 2. The summed E-state index contributed by atoms with van der Waals surface area (Å²) in [5.41, 5.74) is 2.82. The zero-order valence-corrected chi connectivity index (χ0v) is 17.1. The molecule has 0 atom stereocenters. The summed E-state index contributed by atoms with van der Waals surface area (Å²) in [6.07, 6.45) is 1.19. The molecule has 0 amide bonds. The van der Waals surface area contributed by atoms with Gasteiger partial charge in [-0.2, -0.15) is 0 Å². The van der Waals surface area contributed by atoms with Crippen molar-refractivity contribution in [1.29, 1.82) is 0 Å². The Kier molecular flexibility index (Phi) is 7.80. The quantitative estimate of drug-likeness (QED) is 0.562. The molecule has 0 aliphatic heterocycles. The van der Waals surface area contributed by atoms with Crippen LogP contribution in [0.15, 0.2) is 54.6 Å². The fraction of sp³-hybridized carbons (Fsp3) is 0.364. The molecule has 4 nitrogen and oxygen atoms in total. The molecule has 0 heterocycles. The smallest absolute Gasteiger partial charge is 0.310 e. The Morgan fingerprint density at radius 2 is 1.63 bits per heavy atom. The maximum atomic E-state index is 12.0. The predicted octanol–water partition coefficient (Wildman–Crippen LogP) is 3.78. The summed E-state index contributed by atoms with van der Waals surface area (Å²) >= 11 is 5.33. The molecule has 2 rings (SSSR count). The van der Waals surface area contributed by atoms with Crippen molar-refractivity contribution in [2.75, 3.05) is 6.54 Å². The monoisotopic (exact) mass is 384 g/mol. The molecule has 2 aromatic carbocycles. The zero-order chi connectivity index (χ0) is 19.7. The summed E-state index contributed by atoms with van der Waals surface area (Å²) in [5, 5.41) is 7.06. The molecule has 0 spiro atoms. The number of hydrogen-bond acceptors (Lipinski definition) is 3. The molecule has 0 saturated carbocycles. The van der Waals surface area contributed by atoms with Gasteiger partial charge in [0.15, 0.2) is 5.11 Å².